The summed E-state index contributed by atoms with van der Waals surface area (Å²) in [6, 6.07) is 5.64. The zero-order valence-corrected chi connectivity index (χ0v) is 13.6. The highest BCUT2D eigenvalue weighted by Gasteiger charge is 2.36. The summed E-state index contributed by atoms with van der Waals surface area (Å²) < 4.78 is 4.74. The summed E-state index contributed by atoms with van der Waals surface area (Å²) >= 11 is 0. The van der Waals surface area contributed by atoms with Gasteiger partial charge in [0.05, 0.1) is 18.6 Å². The van der Waals surface area contributed by atoms with E-state index >= 15 is 0 Å². The molecule has 0 bridgehead atoms. The molecule has 1 heterocycles. The molecule has 122 valence electrons. The molecule has 2 N–H and O–H groups in total. The number of hydrogen-bond acceptors (Lipinski definition) is 4. The monoisotopic (exact) mass is 316 g/mol. The van der Waals surface area contributed by atoms with Crippen molar-refractivity contribution in [3.05, 3.63) is 40.6 Å². The molecule has 1 atom stereocenters. The fraction of sp³-hybridized carbons (Fsp3) is 0.353. The SMILES string of the molecule is COC(=O)C1=C(C)NC(=O)C[C@@H]1C(=O)Nc1ccc(C)cc1C. The molecule has 0 saturated heterocycles. The lowest BCUT2D eigenvalue weighted by atomic mass is 9.89. The zero-order chi connectivity index (χ0) is 17.1. The fourth-order valence-electron chi connectivity index (χ4n) is 2.68. The van der Waals surface area contributed by atoms with E-state index in [1.807, 2.05) is 26.0 Å². The first-order chi connectivity index (χ1) is 10.8. The first-order valence-electron chi connectivity index (χ1n) is 7.30. The summed E-state index contributed by atoms with van der Waals surface area (Å²) in [4.78, 5) is 36.3. The van der Waals surface area contributed by atoms with Gasteiger partial charge in [-0.2, -0.15) is 0 Å². The van der Waals surface area contributed by atoms with E-state index in [1.54, 1.807) is 13.0 Å². The normalized spacial score (nSPS) is 17.6. The quantitative estimate of drug-likeness (QED) is 0.833. The van der Waals surface area contributed by atoms with Crippen LogP contribution in [0.15, 0.2) is 29.5 Å². The minimum absolute atomic E-state index is 0.0848. The number of methoxy groups -OCH3 is 1. The molecule has 1 aromatic rings. The van der Waals surface area contributed by atoms with Crippen molar-refractivity contribution in [2.24, 2.45) is 5.92 Å². The van der Waals surface area contributed by atoms with Gasteiger partial charge in [0, 0.05) is 17.8 Å². The van der Waals surface area contributed by atoms with E-state index in [9.17, 15) is 14.4 Å². The highest BCUT2D eigenvalue weighted by molar-refractivity contribution is 6.06. The fourth-order valence-corrected chi connectivity index (χ4v) is 2.68. The van der Waals surface area contributed by atoms with Crippen LogP contribution in [0, 0.1) is 19.8 Å². The molecular formula is C17H20N2O4. The Kier molecular flexibility index (Phi) is 4.83. The maximum atomic E-state index is 12.6. The van der Waals surface area contributed by atoms with Crippen LogP contribution in [-0.4, -0.2) is 24.9 Å². The Morgan fingerprint density at radius 3 is 2.57 bits per heavy atom. The molecule has 6 heteroatoms. The third kappa shape index (κ3) is 3.59. The van der Waals surface area contributed by atoms with Crippen LogP contribution in [0.3, 0.4) is 0 Å². The van der Waals surface area contributed by atoms with Crippen molar-refractivity contribution in [1.29, 1.82) is 0 Å². The van der Waals surface area contributed by atoms with Crippen molar-refractivity contribution < 1.29 is 19.1 Å². The van der Waals surface area contributed by atoms with E-state index in [-0.39, 0.29) is 17.9 Å². The van der Waals surface area contributed by atoms with Crippen LogP contribution in [0.5, 0.6) is 0 Å². The van der Waals surface area contributed by atoms with E-state index in [0.717, 1.165) is 11.1 Å². The number of nitrogens with one attached hydrogen (secondary N) is 2. The molecule has 0 unspecified atom stereocenters. The van der Waals surface area contributed by atoms with Crippen molar-refractivity contribution in [2.75, 3.05) is 12.4 Å². The Morgan fingerprint density at radius 2 is 1.96 bits per heavy atom. The van der Waals surface area contributed by atoms with Gasteiger partial charge in [0.15, 0.2) is 0 Å². The Labute approximate surface area is 134 Å². The van der Waals surface area contributed by atoms with Gasteiger partial charge in [0.2, 0.25) is 11.8 Å². The van der Waals surface area contributed by atoms with E-state index in [1.165, 1.54) is 7.11 Å². The van der Waals surface area contributed by atoms with Gasteiger partial charge >= 0.3 is 5.97 Å². The highest BCUT2D eigenvalue weighted by atomic mass is 16.5. The molecule has 0 aliphatic carbocycles. The molecule has 0 radical (unpaired) electrons. The Balaban J connectivity index is 2.30. The Morgan fingerprint density at radius 1 is 1.26 bits per heavy atom. The van der Waals surface area contributed by atoms with Gasteiger partial charge in [-0.15, -0.1) is 0 Å². The number of allylic oxidation sites excluding steroid dienone is 1. The molecular weight excluding hydrogens is 296 g/mol. The van der Waals surface area contributed by atoms with Gasteiger partial charge in [-0.1, -0.05) is 17.7 Å². The largest absolute Gasteiger partial charge is 0.466 e. The minimum atomic E-state index is -0.864. The molecule has 6 nitrogen and oxygen atoms in total. The van der Waals surface area contributed by atoms with Crippen LogP contribution >= 0.6 is 0 Å². The molecule has 1 aliphatic rings. The summed E-state index contributed by atoms with van der Waals surface area (Å²) in [6.45, 7) is 5.44. The third-order valence-corrected chi connectivity index (χ3v) is 3.83. The molecule has 1 aromatic carbocycles. The van der Waals surface area contributed by atoms with Crippen LogP contribution in [-0.2, 0) is 19.1 Å². The number of hydrogen-bond donors (Lipinski definition) is 2. The molecule has 0 fully saturated rings. The third-order valence-electron chi connectivity index (χ3n) is 3.83. The standard InChI is InChI=1S/C17H20N2O4/c1-9-5-6-13(10(2)7-9)19-16(21)12-8-14(20)18-11(3)15(12)17(22)23-4/h5-7,12H,8H2,1-4H3,(H,18,20)(H,19,21)/t12-/m0/s1. The predicted octanol–water partition coefficient (Wildman–Crippen LogP) is 1.83. The number of amides is 2. The lowest BCUT2D eigenvalue weighted by Crippen LogP contribution is -2.40. The van der Waals surface area contributed by atoms with Crippen molar-refractivity contribution >= 4 is 23.5 Å². The maximum Gasteiger partial charge on any atom is 0.336 e. The van der Waals surface area contributed by atoms with Crippen LogP contribution in [0.1, 0.15) is 24.5 Å². The average molecular weight is 316 g/mol. The van der Waals surface area contributed by atoms with E-state index < -0.39 is 17.8 Å². The topological polar surface area (TPSA) is 84.5 Å². The van der Waals surface area contributed by atoms with Crippen molar-refractivity contribution in [3.8, 4) is 0 Å². The molecule has 0 saturated carbocycles. The molecule has 23 heavy (non-hydrogen) atoms. The van der Waals surface area contributed by atoms with E-state index in [4.69, 9.17) is 4.74 Å². The van der Waals surface area contributed by atoms with Gasteiger partial charge in [0.25, 0.3) is 0 Å². The summed E-state index contributed by atoms with van der Waals surface area (Å²) in [5.74, 6) is -2.16. The summed E-state index contributed by atoms with van der Waals surface area (Å²) in [5, 5.41) is 5.37. The van der Waals surface area contributed by atoms with Gasteiger partial charge < -0.3 is 15.4 Å². The number of rotatable bonds is 3. The van der Waals surface area contributed by atoms with Crippen molar-refractivity contribution in [1.82, 2.24) is 5.32 Å². The number of carbonyl (C=O) groups excluding carboxylic acids is 3. The van der Waals surface area contributed by atoms with Crippen LogP contribution < -0.4 is 10.6 Å². The minimum Gasteiger partial charge on any atom is -0.466 e. The zero-order valence-electron chi connectivity index (χ0n) is 13.6. The number of benzene rings is 1. The van der Waals surface area contributed by atoms with Crippen LogP contribution in [0.2, 0.25) is 0 Å². The lowest BCUT2D eigenvalue weighted by Gasteiger charge is -2.25. The molecule has 2 rings (SSSR count). The molecule has 0 spiro atoms. The van der Waals surface area contributed by atoms with Crippen LogP contribution in [0.4, 0.5) is 5.69 Å². The first kappa shape index (κ1) is 16.7. The number of ether oxygens (including phenoxy) is 1. The first-order valence-corrected chi connectivity index (χ1v) is 7.30. The van der Waals surface area contributed by atoms with Crippen molar-refractivity contribution in [2.45, 2.75) is 27.2 Å². The number of aryl methyl sites for hydroxylation is 2. The van der Waals surface area contributed by atoms with Crippen LogP contribution in [0.25, 0.3) is 0 Å². The second-order valence-corrected chi connectivity index (χ2v) is 5.64. The number of esters is 1. The highest BCUT2D eigenvalue weighted by Crippen LogP contribution is 2.26. The second-order valence-electron chi connectivity index (χ2n) is 5.64. The van der Waals surface area contributed by atoms with E-state index in [2.05, 4.69) is 10.6 Å². The Hall–Kier alpha value is -2.63. The summed E-state index contributed by atoms with van der Waals surface area (Å²) in [6.07, 6.45) is -0.0848. The summed E-state index contributed by atoms with van der Waals surface area (Å²) in [5.41, 5.74) is 3.21. The van der Waals surface area contributed by atoms with Gasteiger partial charge in [-0.05, 0) is 32.4 Å². The van der Waals surface area contributed by atoms with Gasteiger partial charge in [0.1, 0.15) is 0 Å². The molecule has 2 amide bonds. The second kappa shape index (κ2) is 6.64. The van der Waals surface area contributed by atoms with Crippen molar-refractivity contribution in [3.63, 3.8) is 0 Å². The molecule has 1 aliphatic heterocycles. The smallest absolute Gasteiger partial charge is 0.336 e. The Bertz CT molecular complexity index is 707. The van der Waals surface area contributed by atoms with Gasteiger partial charge in [-0.25, -0.2) is 4.79 Å². The van der Waals surface area contributed by atoms with Gasteiger partial charge in [-0.3, -0.25) is 9.59 Å². The number of carbonyl (C=O) groups is 3. The lowest BCUT2D eigenvalue weighted by molar-refractivity contribution is -0.139. The predicted molar refractivity (Wildman–Crippen MR) is 85.5 cm³/mol. The van der Waals surface area contributed by atoms with E-state index in [0.29, 0.717) is 11.4 Å². The number of anilines is 1. The average Bonchev–Trinajstić information content (AvgIpc) is 2.48. The summed E-state index contributed by atoms with van der Waals surface area (Å²) in [7, 11) is 1.25. The molecule has 0 aromatic heterocycles. The maximum absolute atomic E-state index is 12.6.